The van der Waals surface area contributed by atoms with Crippen molar-refractivity contribution >= 4 is 39.9 Å². The van der Waals surface area contributed by atoms with E-state index in [1.165, 1.54) is 16.9 Å². The average molecular weight is 466 g/mol. The largest absolute Gasteiger partial charge is 0.352 e. The highest BCUT2D eigenvalue weighted by molar-refractivity contribution is 7.07. The topological polar surface area (TPSA) is 63.1 Å². The molecule has 2 aromatic carbocycles. The minimum Gasteiger partial charge on any atom is -0.352 e. The zero-order valence-electron chi connectivity index (χ0n) is 17.6. The van der Waals surface area contributed by atoms with Crippen molar-refractivity contribution in [2.75, 3.05) is 13.1 Å². The lowest BCUT2D eigenvalue weighted by Gasteiger charge is -2.32. The molecule has 5 rings (SSSR count). The fraction of sp³-hybridized carbons (Fsp3) is 0.292. The quantitative estimate of drug-likeness (QED) is 0.452. The van der Waals surface area contributed by atoms with Gasteiger partial charge in [-0.2, -0.15) is 0 Å². The van der Waals surface area contributed by atoms with Crippen molar-refractivity contribution in [3.8, 4) is 11.5 Å². The SMILES string of the molecule is O=C(Cn1c(-c2cscn2)nc2ccccc21)NC1CCN(Cc2ccc(Cl)cc2)CC1. The zero-order chi connectivity index (χ0) is 21.9. The first kappa shape index (κ1) is 21.1. The number of rotatable bonds is 6. The Bertz CT molecular complexity index is 1200. The summed E-state index contributed by atoms with van der Waals surface area (Å²) in [4.78, 5) is 24.5. The first-order valence-electron chi connectivity index (χ1n) is 10.8. The van der Waals surface area contributed by atoms with Gasteiger partial charge >= 0.3 is 0 Å². The number of hydrogen-bond donors (Lipinski definition) is 1. The monoisotopic (exact) mass is 465 g/mol. The summed E-state index contributed by atoms with van der Waals surface area (Å²) in [6.07, 6.45) is 1.89. The number of carbonyl (C=O) groups is 1. The number of aromatic nitrogens is 3. The number of fused-ring (bicyclic) bond motifs is 1. The summed E-state index contributed by atoms with van der Waals surface area (Å²) in [6.45, 7) is 3.07. The molecule has 4 aromatic rings. The Hall–Kier alpha value is -2.74. The summed E-state index contributed by atoms with van der Waals surface area (Å²) in [6, 6.07) is 16.1. The lowest BCUT2D eigenvalue weighted by Crippen LogP contribution is -2.45. The molecule has 1 amide bonds. The lowest BCUT2D eigenvalue weighted by molar-refractivity contribution is -0.122. The minimum absolute atomic E-state index is 0.0146. The lowest BCUT2D eigenvalue weighted by atomic mass is 10.0. The van der Waals surface area contributed by atoms with E-state index in [2.05, 4.69) is 27.3 Å². The van der Waals surface area contributed by atoms with Crippen molar-refractivity contribution in [2.45, 2.75) is 32.0 Å². The Kier molecular flexibility index (Phi) is 6.21. The fourth-order valence-corrected chi connectivity index (χ4v) is 4.91. The molecule has 1 aliphatic heterocycles. The van der Waals surface area contributed by atoms with Crippen LogP contribution in [0.25, 0.3) is 22.6 Å². The summed E-state index contributed by atoms with van der Waals surface area (Å²) >= 11 is 7.51. The zero-order valence-corrected chi connectivity index (χ0v) is 19.1. The van der Waals surface area contributed by atoms with Gasteiger partial charge in [0.05, 0.1) is 16.5 Å². The molecule has 0 bridgehead atoms. The molecule has 0 spiro atoms. The van der Waals surface area contributed by atoms with E-state index in [1.807, 2.05) is 46.3 Å². The third kappa shape index (κ3) is 4.70. The molecule has 32 heavy (non-hydrogen) atoms. The molecule has 3 heterocycles. The van der Waals surface area contributed by atoms with Gasteiger partial charge < -0.3 is 9.88 Å². The highest BCUT2D eigenvalue weighted by Crippen LogP contribution is 2.24. The summed E-state index contributed by atoms with van der Waals surface area (Å²) in [7, 11) is 0. The Morgan fingerprint density at radius 1 is 1.12 bits per heavy atom. The molecule has 0 unspecified atom stereocenters. The third-order valence-electron chi connectivity index (χ3n) is 5.89. The van der Waals surface area contributed by atoms with Crippen LogP contribution < -0.4 is 5.32 Å². The fourth-order valence-electron chi connectivity index (χ4n) is 4.25. The molecular weight excluding hydrogens is 442 g/mol. The number of piperidine rings is 1. The summed E-state index contributed by atoms with van der Waals surface area (Å²) in [5.41, 5.74) is 5.67. The number of nitrogens with one attached hydrogen (secondary N) is 1. The molecule has 2 aromatic heterocycles. The number of benzene rings is 2. The van der Waals surface area contributed by atoms with Crippen LogP contribution in [0.4, 0.5) is 0 Å². The molecule has 6 nitrogen and oxygen atoms in total. The van der Waals surface area contributed by atoms with Gasteiger partial charge in [0, 0.05) is 36.1 Å². The van der Waals surface area contributed by atoms with Crippen LogP contribution in [0.5, 0.6) is 0 Å². The minimum atomic E-state index is 0.0146. The molecule has 1 aliphatic rings. The number of thiazole rings is 1. The first-order chi connectivity index (χ1) is 15.7. The normalized spacial score (nSPS) is 15.3. The van der Waals surface area contributed by atoms with Gasteiger partial charge in [0.1, 0.15) is 12.2 Å². The van der Waals surface area contributed by atoms with Gasteiger partial charge in [-0.05, 0) is 42.7 Å². The number of nitrogens with zero attached hydrogens (tertiary/aromatic N) is 4. The van der Waals surface area contributed by atoms with Gasteiger partial charge in [0.2, 0.25) is 5.91 Å². The van der Waals surface area contributed by atoms with E-state index in [0.29, 0.717) is 0 Å². The smallest absolute Gasteiger partial charge is 0.240 e. The van der Waals surface area contributed by atoms with E-state index in [9.17, 15) is 4.79 Å². The average Bonchev–Trinajstić information content (AvgIpc) is 3.45. The number of halogens is 1. The third-order valence-corrected chi connectivity index (χ3v) is 6.73. The first-order valence-corrected chi connectivity index (χ1v) is 12.1. The summed E-state index contributed by atoms with van der Waals surface area (Å²) in [5, 5.41) is 5.96. The molecule has 0 radical (unpaired) electrons. The standard InChI is InChI=1S/C24H24ClN5OS/c25-18-7-5-17(6-8-18)13-29-11-9-19(10-12-29)27-23(31)14-30-22-4-2-1-3-20(22)28-24(30)21-15-32-16-26-21/h1-8,15-16,19H,9-14H2,(H,27,31). The van der Waals surface area contributed by atoms with Crippen molar-refractivity contribution < 1.29 is 4.79 Å². The second-order valence-electron chi connectivity index (χ2n) is 8.13. The Balaban J connectivity index is 1.21. The second-order valence-corrected chi connectivity index (χ2v) is 9.28. The molecule has 0 atom stereocenters. The van der Waals surface area contributed by atoms with Gasteiger partial charge in [0.25, 0.3) is 0 Å². The highest BCUT2D eigenvalue weighted by Gasteiger charge is 2.22. The number of hydrogen-bond acceptors (Lipinski definition) is 5. The van der Waals surface area contributed by atoms with Crippen LogP contribution in [0.3, 0.4) is 0 Å². The van der Waals surface area contributed by atoms with Crippen molar-refractivity contribution in [2.24, 2.45) is 0 Å². The predicted molar refractivity (Wildman–Crippen MR) is 129 cm³/mol. The van der Waals surface area contributed by atoms with Crippen molar-refractivity contribution in [3.63, 3.8) is 0 Å². The van der Waals surface area contributed by atoms with Crippen molar-refractivity contribution in [1.29, 1.82) is 0 Å². The molecule has 0 saturated carbocycles. The predicted octanol–water partition coefficient (Wildman–Crippen LogP) is 4.59. The van der Waals surface area contributed by atoms with Gasteiger partial charge in [0.15, 0.2) is 5.82 Å². The Morgan fingerprint density at radius 2 is 1.91 bits per heavy atom. The van der Waals surface area contributed by atoms with Crippen LogP contribution in [0.15, 0.2) is 59.4 Å². The van der Waals surface area contributed by atoms with Gasteiger partial charge in [-0.15, -0.1) is 11.3 Å². The maximum absolute atomic E-state index is 12.9. The van der Waals surface area contributed by atoms with E-state index < -0.39 is 0 Å². The maximum atomic E-state index is 12.9. The van der Waals surface area contributed by atoms with Crippen LogP contribution in [-0.4, -0.2) is 44.5 Å². The van der Waals surface area contributed by atoms with Crippen LogP contribution in [0.1, 0.15) is 18.4 Å². The number of para-hydroxylation sites is 2. The number of carbonyl (C=O) groups excluding carboxylic acids is 1. The Morgan fingerprint density at radius 3 is 2.66 bits per heavy atom. The van der Waals surface area contributed by atoms with Gasteiger partial charge in [-0.3, -0.25) is 9.69 Å². The summed E-state index contributed by atoms with van der Waals surface area (Å²) in [5.74, 6) is 0.751. The number of likely N-dealkylation sites (tertiary alicyclic amines) is 1. The molecule has 1 saturated heterocycles. The molecule has 1 fully saturated rings. The van der Waals surface area contributed by atoms with Gasteiger partial charge in [-0.1, -0.05) is 35.9 Å². The molecule has 0 aliphatic carbocycles. The molecular formula is C24H24ClN5OS. The van der Waals surface area contributed by atoms with E-state index in [-0.39, 0.29) is 18.5 Å². The molecule has 164 valence electrons. The molecule has 8 heteroatoms. The van der Waals surface area contributed by atoms with E-state index in [0.717, 1.165) is 60.1 Å². The highest BCUT2D eigenvalue weighted by atomic mass is 35.5. The van der Waals surface area contributed by atoms with E-state index >= 15 is 0 Å². The Labute approximate surface area is 195 Å². The molecule has 1 N–H and O–H groups in total. The summed E-state index contributed by atoms with van der Waals surface area (Å²) < 4.78 is 1.97. The van der Waals surface area contributed by atoms with E-state index in [1.54, 1.807) is 5.51 Å². The number of amides is 1. The van der Waals surface area contributed by atoms with Crippen LogP contribution in [0, 0.1) is 0 Å². The van der Waals surface area contributed by atoms with Crippen LogP contribution >= 0.6 is 22.9 Å². The second kappa shape index (κ2) is 9.40. The van der Waals surface area contributed by atoms with Crippen molar-refractivity contribution in [3.05, 3.63) is 70.0 Å². The van der Waals surface area contributed by atoms with Gasteiger partial charge in [-0.25, -0.2) is 9.97 Å². The van der Waals surface area contributed by atoms with E-state index in [4.69, 9.17) is 16.6 Å². The number of imidazole rings is 1. The van der Waals surface area contributed by atoms with Crippen LogP contribution in [0.2, 0.25) is 5.02 Å². The maximum Gasteiger partial charge on any atom is 0.240 e. The van der Waals surface area contributed by atoms with Crippen LogP contribution in [-0.2, 0) is 17.9 Å². The van der Waals surface area contributed by atoms with Crippen molar-refractivity contribution in [1.82, 2.24) is 24.8 Å².